The van der Waals surface area contributed by atoms with Crippen molar-refractivity contribution in [1.29, 1.82) is 0 Å². The minimum atomic E-state index is 0.341. The predicted octanol–water partition coefficient (Wildman–Crippen LogP) is 2.33. The molecule has 0 amide bonds. The SMILES string of the molecule is CN(C)CC1CC2CCCCCC2C1=O. The highest BCUT2D eigenvalue weighted by Crippen LogP contribution is 2.41. The van der Waals surface area contributed by atoms with Crippen molar-refractivity contribution < 1.29 is 4.79 Å². The molecular weight excluding hydrogens is 186 g/mol. The molecule has 2 rings (SSSR count). The van der Waals surface area contributed by atoms with E-state index >= 15 is 0 Å². The Kier molecular flexibility index (Phi) is 3.45. The van der Waals surface area contributed by atoms with Gasteiger partial charge >= 0.3 is 0 Å². The van der Waals surface area contributed by atoms with E-state index in [-0.39, 0.29) is 0 Å². The molecule has 0 saturated heterocycles. The highest BCUT2D eigenvalue weighted by Gasteiger charge is 2.41. The Labute approximate surface area is 93.0 Å². The van der Waals surface area contributed by atoms with Gasteiger partial charge in [0.1, 0.15) is 5.78 Å². The number of ketones is 1. The summed E-state index contributed by atoms with van der Waals surface area (Å²) in [6.45, 7) is 0.964. The quantitative estimate of drug-likeness (QED) is 0.695. The molecule has 15 heavy (non-hydrogen) atoms. The van der Waals surface area contributed by atoms with Gasteiger partial charge in [0.25, 0.3) is 0 Å². The van der Waals surface area contributed by atoms with Crippen molar-refractivity contribution >= 4 is 5.78 Å². The van der Waals surface area contributed by atoms with Gasteiger partial charge in [0.05, 0.1) is 0 Å². The molecule has 2 nitrogen and oxygen atoms in total. The van der Waals surface area contributed by atoms with Crippen LogP contribution in [0.25, 0.3) is 0 Å². The molecule has 0 bridgehead atoms. The van der Waals surface area contributed by atoms with Crippen LogP contribution in [0.2, 0.25) is 0 Å². The molecule has 2 saturated carbocycles. The number of rotatable bonds is 2. The predicted molar refractivity (Wildman–Crippen MR) is 61.7 cm³/mol. The van der Waals surface area contributed by atoms with Crippen molar-refractivity contribution in [2.45, 2.75) is 38.5 Å². The van der Waals surface area contributed by atoms with Gasteiger partial charge in [0, 0.05) is 18.4 Å². The fourth-order valence-corrected chi connectivity index (χ4v) is 3.43. The van der Waals surface area contributed by atoms with E-state index in [9.17, 15) is 4.79 Å². The van der Waals surface area contributed by atoms with Gasteiger partial charge in [0.15, 0.2) is 0 Å². The molecule has 0 aromatic carbocycles. The zero-order valence-corrected chi connectivity index (χ0v) is 10.0. The van der Waals surface area contributed by atoms with Gasteiger partial charge in [-0.05, 0) is 39.3 Å². The summed E-state index contributed by atoms with van der Waals surface area (Å²) in [5.41, 5.74) is 0. The Morgan fingerprint density at radius 3 is 2.67 bits per heavy atom. The van der Waals surface area contributed by atoms with Gasteiger partial charge < -0.3 is 4.90 Å². The molecule has 0 heterocycles. The maximum atomic E-state index is 12.2. The number of fused-ring (bicyclic) bond motifs is 1. The highest BCUT2D eigenvalue weighted by atomic mass is 16.1. The van der Waals surface area contributed by atoms with Gasteiger partial charge in [-0.25, -0.2) is 0 Å². The van der Waals surface area contributed by atoms with Crippen molar-refractivity contribution in [2.24, 2.45) is 17.8 Å². The van der Waals surface area contributed by atoms with Crippen LogP contribution < -0.4 is 0 Å². The molecule has 3 atom stereocenters. The van der Waals surface area contributed by atoms with Gasteiger partial charge in [-0.2, -0.15) is 0 Å². The average Bonchev–Trinajstić information content (AvgIpc) is 2.40. The van der Waals surface area contributed by atoms with Crippen LogP contribution in [0, 0.1) is 17.8 Å². The lowest BCUT2D eigenvalue weighted by Gasteiger charge is -2.15. The van der Waals surface area contributed by atoms with Crippen molar-refractivity contribution in [3.63, 3.8) is 0 Å². The van der Waals surface area contributed by atoms with E-state index in [1.165, 1.54) is 38.5 Å². The highest BCUT2D eigenvalue weighted by molar-refractivity contribution is 5.86. The standard InChI is InChI=1S/C13H23NO/c1-14(2)9-11-8-10-6-4-3-5-7-12(10)13(11)15/h10-12H,3-9H2,1-2H3. The zero-order valence-electron chi connectivity index (χ0n) is 10.0. The second-order valence-corrected chi connectivity index (χ2v) is 5.60. The Bertz CT molecular complexity index is 237. The molecule has 0 radical (unpaired) electrons. The maximum Gasteiger partial charge on any atom is 0.140 e. The Morgan fingerprint density at radius 1 is 1.20 bits per heavy atom. The molecule has 3 unspecified atom stereocenters. The van der Waals surface area contributed by atoms with Crippen LogP contribution in [0.3, 0.4) is 0 Å². The summed E-state index contributed by atoms with van der Waals surface area (Å²) in [5.74, 6) is 2.08. The first-order valence-corrected chi connectivity index (χ1v) is 6.37. The second-order valence-electron chi connectivity index (χ2n) is 5.60. The normalized spacial score (nSPS) is 36.7. The van der Waals surface area contributed by atoms with E-state index in [1.807, 2.05) is 0 Å². The van der Waals surface area contributed by atoms with Crippen molar-refractivity contribution in [3.8, 4) is 0 Å². The summed E-state index contributed by atoms with van der Waals surface area (Å²) < 4.78 is 0. The molecular formula is C13H23NO. The Hall–Kier alpha value is -0.370. The number of carbonyl (C=O) groups excluding carboxylic acids is 1. The van der Waals surface area contributed by atoms with Crippen LogP contribution >= 0.6 is 0 Å². The number of Topliss-reactive ketones (excluding diaryl/α,β-unsaturated/α-hetero) is 1. The molecule has 0 N–H and O–H groups in total. The molecule has 2 heteroatoms. The summed E-state index contributed by atoms with van der Waals surface area (Å²) in [7, 11) is 4.14. The van der Waals surface area contributed by atoms with E-state index in [0.29, 0.717) is 17.6 Å². The molecule has 2 aliphatic carbocycles. The van der Waals surface area contributed by atoms with Crippen molar-refractivity contribution in [2.75, 3.05) is 20.6 Å². The van der Waals surface area contributed by atoms with E-state index < -0.39 is 0 Å². The van der Waals surface area contributed by atoms with Crippen LogP contribution in [-0.2, 0) is 4.79 Å². The molecule has 0 aliphatic heterocycles. The fourth-order valence-electron chi connectivity index (χ4n) is 3.43. The first kappa shape index (κ1) is 11.1. The lowest BCUT2D eigenvalue weighted by molar-refractivity contribution is -0.124. The van der Waals surface area contributed by atoms with Gasteiger partial charge in [-0.15, -0.1) is 0 Å². The molecule has 0 aromatic heterocycles. The van der Waals surface area contributed by atoms with E-state index in [1.54, 1.807) is 0 Å². The fraction of sp³-hybridized carbons (Fsp3) is 0.923. The van der Waals surface area contributed by atoms with Gasteiger partial charge in [-0.1, -0.05) is 19.3 Å². The van der Waals surface area contributed by atoms with Gasteiger partial charge in [0.2, 0.25) is 0 Å². The number of nitrogens with zero attached hydrogens (tertiary/aromatic N) is 1. The summed E-state index contributed by atoms with van der Waals surface area (Å²) in [4.78, 5) is 14.4. The zero-order chi connectivity index (χ0) is 10.8. The minimum absolute atomic E-state index is 0.341. The molecule has 0 aromatic rings. The van der Waals surface area contributed by atoms with Crippen LogP contribution in [0.4, 0.5) is 0 Å². The second kappa shape index (κ2) is 4.65. The molecule has 0 spiro atoms. The van der Waals surface area contributed by atoms with E-state index in [4.69, 9.17) is 0 Å². The summed E-state index contributed by atoms with van der Waals surface area (Å²) in [6.07, 6.45) is 7.62. The lowest BCUT2D eigenvalue weighted by atomic mass is 9.91. The number of hydrogen-bond donors (Lipinski definition) is 0. The topological polar surface area (TPSA) is 20.3 Å². The third-order valence-corrected chi connectivity index (χ3v) is 4.10. The number of hydrogen-bond acceptors (Lipinski definition) is 2. The minimum Gasteiger partial charge on any atom is -0.309 e. The Balaban J connectivity index is 2.00. The first-order chi connectivity index (χ1) is 7.18. The smallest absolute Gasteiger partial charge is 0.140 e. The Morgan fingerprint density at radius 2 is 1.93 bits per heavy atom. The van der Waals surface area contributed by atoms with E-state index in [2.05, 4.69) is 19.0 Å². The number of carbonyl (C=O) groups is 1. The average molecular weight is 209 g/mol. The summed E-state index contributed by atoms with van der Waals surface area (Å²) >= 11 is 0. The third-order valence-electron chi connectivity index (χ3n) is 4.10. The lowest BCUT2D eigenvalue weighted by Crippen LogP contribution is -2.26. The first-order valence-electron chi connectivity index (χ1n) is 6.37. The van der Waals surface area contributed by atoms with Crippen LogP contribution in [0.15, 0.2) is 0 Å². The largest absolute Gasteiger partial charge is 0.309 e. The molecule has 86 valence electrons. The van der Waals surface area contributed by atoms with Crippen molar-refractivity contribution in [1.82, 2.24) is 4.90 Å². The van der Waals surface area contributed by atoms with Crippen LogP contribution in [0.5, 0.6) is 0 Å². The summed E-state index contributed by atoms with van der Waals surface area (Å²) in [6, 6.07) is 0. The van der Waals surface area contributed by atoms with E-state index in [0.717, 1.165) is 12.5 Å². The van der Waals surface area contributed by atoms with Crippen LogP contribution in [-0.4, -0.2) is 31.3 Å². The van der Waals surface area contributed by atoms with Gasteiger partial charge in [-0.3, -0.25) is 4.79 Å². The monoisotopic (exact) mass is 209 g/mol. The van der Waals surface area contributed by atoms with Crippen LogP contribution in [0.1, 0.15) is 38.5 Å². The molecule has 2 fully saturated rings. The molecule has 2 aliphatic rings. The third kappa shape index (κ3) is 2.41. The summed E-state index contributed by atoms with van der Waals surface area (Å²) in [5, 5.41) is 0. The van der Waals surface area contributed by atoms with Crippen molar-refractivity contribution in [3.05, 3.63) is 0 Å². The maximum absolute atomic E-state index is 12.2.